The first-order valence-corrected chi connectivity index (χ1v) is 10.7. The number of fused-ring (bicyclic) bond motifs is 1. The van der Waals surface area contributed by atoms with Gasteiger partial charge in [-0.25, -0.2) is 0 Å². The molecule has 0 bridgehead atoms. The number of hydrazine groups is 1. The molecule has 0 radical (unpaired) electrons. The van der Waals surface area contributed by atoms with Crippen molar-refractivity contribution in [2.75, 3.05) is 18.6 Å². The van der Waals surface area contributed by atoms with E-state index in [4.69, 9.17) is 12.2 Å². The fraction of sp³-hybridized carbons (Fsp3) is 0.625. The quantitative estimate of drug-likeness (QED) is 0.407. The molecule has 7 heteroatoms. The standard InChI is InChI=1S/C16H25N3OS3/c1-3-11-5-6-13-12(9-11)10-14(23-13)15(20)18-19-16(21)17-7-4-8-22-2/h10-11H,3-9H2,1-2H3,(H,18,20)(H2,17,19,21)/t11-/m1/s1. The van der Waals surface area contributed by atoms with Crippen LogP contribution in [0.15, 0.2) is 6.07 Å². The zero-order valence-electron chi connectivity index (χ0n) is 13.7. The molecular formula is C16H25N3OS3. The molecular weight excluding hydrogens is 346 g/mol. The highest BCUT2D eigenvalue weighted by Gasteiger charge is 2.22. The highest BCUT2D eigenvalue weighted by molar-refractivity contribution is 7.98. The molecule has 0 saturated carbocycles. The summed E-state index contributed by atoms with van der Waals surface area (Å²) in [5.74, 6) is 1.76. The lowest BCUT2D eigenvalue weighted by Crippen LogP contribution is -2.46. The predicted molar refractivity (Wildman–Crippen MR) is 104 cm³/mol. The van der Waals surface area contributed by atoms with Crippen molar-refractivity contribution in [1.29, 1.82) is 0 Å². The molecule has 128 valence electrons. The first kappa shape index (κ1) is 18.5. The van der Waals surface area contributed by atoms with E-state index >= 15 is 0 Å². The van der Waals surface area contributed by atoms with Gasteiger partial charge in [-0.3, -0.25) is 15.6 Å². The van der Waals surface area contributed by atoms with E-state index in [1.165, 1.54) is 23.3 Å². The summed E-state index contributed by atoms with van der Waals surface area (Å²) >= 11 is 8.57. The molecule has 1 aliphatic carbocycles. The first-order valence-electron chi connectivity index (χ1n) is 8.08. The third-order valence-corrected chi connectivity index (χ3v) is 6.27. The molecule has 1 amide bonds. The van der Waals surface area contributed by atoms with Crippen molar-refractivity contribution in [2.24, 2.45) is 5.92 Å². The van der Waals surface area contributed by atoms with Gasteiger partial charge in [-0.1, -0.05) is 13.3 Å². The van der Waals surface area contributed by atoms with Crippen molar-refractivity contribution in [3.8, 4) is 0 Å². The topological polar surface area (TPSA) is 53.2 Å². The molecule has 0 unspecified atom stereocenters. The lowest BCUT2D eigenvalue weighted by molar-refractivity contribution is 0.0947. The first-order chi connectivity index (χ1) is 11.1. The predicted octanol–water partition coefficient (Wildman–Crippen LogP) is 3.13. The maximum absolute atomic E-state index is 12.2. The molecule has 1 heterocycles. The normalized spacial score (nSPS) is 16.5. The molecule has 1 aromatic rings. The fourth-order valence-corrected chi connectivity index (χ4v) is 4.39. The summed E-state index contributed by atoms with van der Waals surface area (Å²) in [5.41, 5.74) is 6.82. The van der Waals surface area contributed by atoms with Gasteiger partial charge in [-0.2, -0.15) is 11.8 Å². The number of thiophene rings is 1. The van der Waals surface area contributed by atoms with E-state index in [1.807, 2.05) is 17.8 Å². The second-order valence-corrected chi connectivity index (χ2v) is 8.29. The van der Waals surface area contributed by atoms with Crippen LogP contribution in [0.3, 0.4) is 0 Å². The van der Waals surface area contributed by atoms with E-state index < -0.39 is 0 Å². The summed E-state index contributed by atoms with van der Waals surface area (Å²) in [4.78, 5) is 14.4. The number of thioether (sulfide) groups is 1. The zero-order valence-corrected chi connectivity index (χ0v) is 16.2. The van der Waals surface area contributed by atoms with Crippen LogP contribution in [0.2, 0.25) is 0 Å². The smallest absolute Gasteiger partial charge is 0.279 e. The van der Waals surface area contributed by atoms with Crippen LogP contribution in [0.5, 0.6) is 0 Å². The number of nitrogens with one attached hydrogen (secondary N) is 3. The lowest BCUT2D eigenvalue weighted by atomic mass is 9.87. The molecule has 1 aromatic heterocycles. The van der Waals surface area contributed by atoms with Crippen molar-refractivity contribution >= 4 is 46.3 Å². The summed E-state index contributed by atoms with van der Waals surface area (Å²) in [7, 11) is 0. The SMILES string of the molecule is CC[C@@H]1CCc2sc(C(=O)NNC(=S)NCCCSC)cc2C1. The highest BCUT2D eigenvalue weighted by atomic mass is 32.2. The van der Waals surface area contributed by atoms with Gasteiger partial charge in [0.1, 0.15) is 0 Å². The van der Waals surface area contributed by atoms with Gasteiger partial charge in [0.15, 0.2) is 5.11 Å². The van der Waals surface area contributed by atoms with Crippen LogP contribution in [0.1, 0.15) is 46.3 Å². The van der Waals surface area contributed by atoms with Crippen molar-refractivity contribution in [3.63, 3.8) is 0 Å². The van der Waals surface area contributed by atoms with Gasteiger partial charge < -0.3 is 5.32 Å². The molecule has 0 aromatic carbocycles. The monoisotopic (exact) mass is 371 g/mol. The van der Waals surface area contributed by atoms with E-state index in [9.17, 15) is 4.79 Å². The number of aryl methyl sites for hydroxylation is 1. The Morgan fingerprint density at radius 1 is 1.48 bits per heavy atom. The molecule has 1 aliphatic rings. The molecule has 3 N–H and O–H groups in total. The van der Waals surface area contributed by atoms with Crippen molar-refractivity contribution < 1.29 is 4.79 Å². The van der Waals surface area contributed by atoms with Crippen LogP contribution in [-0.4, -0.2) is 29.6 Å². The third kappa shape index (κ3) is 5.65. The van der Waals surface area contributed by atoms with Crippen molar-refractivity contribution in [2.45, 2.75) is 39.0 Å². The maximum atomic E-state index is 12.2. The van der Waals surface area contributed by atoms with Crippen LogP contribution >= 0.6 is 35.3 Å². The average Bonchev–Trinajstić information content (AvgIpc) is 2.99. The number of hydrogen-bond donors (Lipinski definition) is 3. The minimum absolute atomic E-state index is 0.106. The molecule has 0 aliphatic heterocycles. The Kier molecular flexibility index (Phi) is 7.65. The average molecular weight is 372 g/mol. The largest absolute Gasteiger partial charge is 0.361 e. The Labute approximate surface area is 152 Å². The number of hydrogen-bond acceptors (Lipinski definition) is 4. The van der Waals surface area contributed by atoms with E-state index in [0.717, 1.165) is 42.4 Å². The number of rotatable bonds is 6. The Balaban J connectivity index is 1.78. The summed E-state index contributed by atoms with van der Waals surface area (Å²) < 4.78 is 0. The highest BCUT2D eigenvalue weighted by Crippen LogP contribution is 2.33. The summed E-state index contributed by atoms with van der Waals surface area (Å²) in [6, 6.07) is 2.05. The third-order valence-electron chi connectivity index (χ3n) is 4.09. The molecule has 2 rings (SSSR count). The number of amides is 1. The molecule has 0 saturated heterocycles. The molecule has 4 nitrogen and oxygen atoms in total. The molecule has 0 spiro atoms. The second kappa shape index (κ2) is 9.49. The number of thiocarbonyl (C=S) groups is 1. The van der Waals surface area contributed by atoms with Gasteiger partial charge >= 0.3 is 0 Å². The van der Waals surface area contributed by atoms with Crippen LogP contribution in [0.25, 0.3) is 0 Å². The second-order valence-electron chi connectivity index (χ2n) is 5.76. The maximum Gasteiger partial charge on any atom is 0.279 e. The lowest BCUT2D eigenvalue weighted by Gasteiger charge is -2.19. The van der Waals surface area contributed by atoms with Crippen LogP contribution < -0.4 is 16.2 Å². The number of carbonyl (C=O) groups is 1. The summed E-state index contributed by atoms with van der Waals surface area (Å²) in [5, 5.41) is 3.55. The minimum atomic E-state index is -0.106. The Bertz CT molecular complexity index is 545. The summed E-state index contributed by atoms with van der Waals surface area (Å²) in [6.45, 7) is 3.06. The van der Waals surface area contributed by atoms with E-state index in [1.54, 1.807) is 11.3 Å². The van der Waals surface area contributed by atoms with Crippen molar-refractivity contribution in [3.05, 3.63) is 21.4 Å². The van der Waals surface area contributed by atoms with Crippen LogP contribution in [0, 0.1) is 5.92 Å². The van der Waals surface area contributed by atoms with E-state index in [0.29, 0.717) is 5.11 Å². The van der Waals surface area contributed by atoms with Crippen LogP contribution in [0.4, 0.5) is 0 Å². The zero-order chi connectivity index (χ0) is 16.7. The Morgan fingerprint density at radius 2 is 2.30 bits per heavy atom. The Hall–Kier alpha value is -0.790. The Morgan fingerprint density at radius 3 is 3.04 bits per heavy atom. The molecule has 0 fully saturated rings. The van der Waals surface area contributed by atoms with Gasteiger partial charge in [0, 0.05) is 11.4 Å². The van der Waals surface area contributed by atoms with E-state index in [2.05, 4.69) is 29.3 Å². The summed E-state index contributed by atoms with van der Waals surface area (Å²) in [6.07, 6.45) is 7.81. The van der Waals surface area contributed by atoms with Crippen LogP contribution in [-0.2, 0) is 12.8 Å². The van der Waals surface area contributed by atoms with Crippen molar-refractivity contribution in [1.82, 2.24) is 16.2 Å². The molecule has 23 heavy (non-hydrogen) atoms. The molecule has 1 atom stereocenters. The van der Waals surface area contributed by atoms with Gasteiger partial charge in [-0.15, -0.1) is 11.3 Å². The number of carbonyl (C=O) groups excluding carboxylic acids is 1. The fourth-order valence-electron chi connectivity index (χ4n) is 2.70. The van der Waals surface area contributed by atoms with Gasteiger partial charge in [0.05, 0.1) is 4.88 Å². The van der Waals surface area contributed by atoms with Gasteiger partial charge in [0.2, 0.25) is 0 Å². The minimum Gasteiger partial charge on any atom is -0.361 e. The van der Waals surface area contributed by atoms with Gasteiger partial charge in [0.25, 0.3) is 5.91 Å². The van der Waals surface area contributed by atoms with E-state index in [-0.39, 0.29) is 5.91 Å². The van der Waals surface area contributed by atoms with Gasteiger partial charge in [-0.05, 0) is 67.5 Å².